The fourth-order valence-electron chi connectivity index (χ4n) is 2.87. The van der Waals surface area contributed by atoms with Gasteiger partial charge < -0.3 is 9.64 Å². The zero-order valence-corrected chi connectivity index (χ0v) is 13.6. The molecule has 0 radical (unpaired) electrons. The molecular formula is C13H25N3O4S. The maximum Gasteiger partial charge on any atom is 0.282 e. The van der Waals surface area contributed by atoms with Gasteiger partial charge in [0.05, 0.1) is 0 Å². The van der Waals surface area contributed by atoms with Gasteiger partial charge in [-0.2, -0.15) is 17.0 Å². The van der Waals surface area contributed by atoms with Crippen molar-refractivity contribution in [3.8, 4) is 0 Å². The SMILES string of the molecule is CCC(OC)C(=O)N1CCN(S(=O)(=O)N2CCCC2)CC1. The molecule has 0 N–H and O–H groups in total. The third-order valence-electron chi connectivity index (χ3n) is 4.20. The molecule has 0 saturated carbocycles. The van der Waals surface area contributed by atoms with E-state index in [1.54, 1.807) is 9.21 Å². The van der Waals surface area contributed by atoms with Crippen LogP contribution >= 0.6 is 0 Å². The van der Waals surface area contributed by atoms with Gasteiger partial charge in [0.25, 0.3) is 16.1 Å². The first-order chi connectivity index (χ1) is 10.0. The first kappa shape index (κ1) is 16.7. The Morgan fingerprint density at radius 3 is 2.05 bits per heavy atom. The molecule has 0 aromatic carbocycles. The minimum atomic E-state index is -3.34. The zero-order valence-electron chi connectivity index (χ0n) is 12.8. The van der Waals surface area contributed by atoms with Crippen LogP contribution in [0.25, 0.3) is 0 Å². The van der Waals surface area contributed by atoms with Crippen molar-refractivity contribution >= 4 is 16.1 Å². The van der Waals surface area contributed by atoms with Gasteiger partial charge in [0.15, 0.2) is 0 Å². The molecule has 8 heteroatoms. The molecule has 7 nitrogen and oxygen atoms in total. The lowest BCUT2D eigenvalue weighted by Crippen LogP contribution is -2.55. The van der Waals surface area contributed by atoms with Crippen LogP contribution in [-0.2, 0) is 19.7 Å². The Bertz CT molecular complexity index is 450. The van der Waals surface area contributed by atoms with Crippen LogP contribution in [-0.4, -0.2) is 80.3 Å². The predicted octanol–water partition coefficient (Wildman–Crippen LogP) is -0.104. The van der Waals surface area contributed by atoms with Crippen molar-refractivity contribution in [3.05, 3.63) is 0 Å². The number of ether oxygens (including phenoxy) is 1. The third kappa shape index (κ3) is 3.56. The molecule has 2 fully saturated rings. The van der Waals surface area contributed by atoms with Crippen LogP contribution in [0, 0.1) is 0 Å². The van der Waals surface area contributed by atoms with Gasteiger partial charge in [-0.1, -0.05) is 6.92 Å². The molecule has 1 unspecified atom stereocenters. The highest BCUT2D eigenvalue weighted by Crippen LogP contribution is 2.18. The van der Waals surface area contributed by atoms with Crippen molar-refractivity contribution in [2.45, 2.75) is 32.3 Å². The van der Waals surface area contributed by atoms with Crippen molar-refractivity contribution in [2.75, 3.05) is 46.4 Å². The van der Waals surface area contributed by atoms with Crippen LogP contribution in [0.4, 0.5) is 0 Å². The maximum atomic E-state index is 12.4. The number of carbonyl (C=O) groups excluding carboxylic acids is 1. The van der Waals surface area contributed by atoms with E-state index < -0.39 is 16.3 Å². The summed E-state index contributed by atoms with van der Waals surface area (Å²) >= 11 is 0. The van der Waals surface area contributed by atoms with E-state index in [1.165, 1.54) is 11.4 Å². The summed E-state index contributed by atoms with van der Waals surface area (Å²) in [5, 5.41) is 0. The highest BCUT2D eigenvalue weighted by Gasteiger charge is 2.35. The topological polar surface area (TPSA) is 70.2 Å². The fraction of sp³-hybridized carbons (Fsp3) is 0.923. The van der Waals surface area contributed by atoms with Crippen LogP contribution in [0.1, 0.15) is 26.2 Å². The van der Waals surface area contributed by atoms with E-state index in [1.807, 2.05) is 6.92 Å². The molecule has 0 aromatic rings. The number of methoxy groups -OCH3 is 1. The Hall–Kier alpha value is -0.700. The van der Waals surface area contributed by atoms with Gasteiger partial charge >= 0.3 is 0 Å². The molecule has 2 aliphatic heterocycles. The molecule has 2 heterocycles. The van der Waals surface area contributed by atoms with Crippen LogP contribution in [0.15, 0.2) is 0 Å². The molecule has 1 amide bonds. The molecule has 0 spiro atoms. The molecular weight excluding hydrogens is 294 g/mol. The summed E-state index contributed by atoms with van der Waals surface area (Å²) in [6, 6.07) is 0. The summed E-state index contributed by atoms with van der Waals surface area (Å²) in [6.07, 6.45) is 2.07. The number of nitrogens with zero attached hydrogens (tertiary/aromatic N) is 3. The standard InChI is InChI=1S/C13H25N3O4S/c1-3-12(20-2)13(17)14-8-10-16(11-9-14)21(18,19)15-6-4-5-7-15/h12H,3-11H2,1-2H3. The molecule has 2 aliphatic rings. The van der Waals surface area contributed by atoms with Crippen molar-refractivity contribution in [3.63, 3.8) is 0 Å². The summed E-state index contributed by atoms with van der Waals surface area (Å²) in [5.74, 6) is -0.0433. The van der Waals surface area contributed by atoms with E-state index in [9.17, 15) is 13.2 Å². The number of hydrogen-bond donors (Lipinski definition) is 0. The molecule has 122 valence electrons. The summed E-state index contributed by atoms with van der Waals surface area (Å²) in [6.45, 7) is 4.74. The van der Waals surface area contributed by atoms with Crippen LogP contribution in [0.5, 0.6) is 0 Å². The average molecular weight is 319 g/mol. The maximum absolute atomic E-state index is 12.4. The highest BCUT2D eigenvalue weighted by molar-refractivity contribution is 7.86. The second kappa shape index (κ2) is 7.04. The van der Waals surface area contributed by atoms with E-state index >= 15 is 0 Å². The summed E-state index contributed by atoms with van der Waals surface area (Å²) in [7, 11) is -1.82. The van der Waals surface area contributed by atoms with Gasteiger partial charge in [0.2, 0.25) is 0 Å². The van der Waals surface area contributed by atoms with E-state index in [4.69, 9.17) is 4.74 Å². The second-order valence-corrected chi connectivity index (χ2v) is 7.40. The first-order valence-electron chi connectivity index (χ1n) is 7.57. The Labute approximate surface area is 127 Å². The molecule has 0 aromatic heterocycles. The quantitative estimate of drug-likeness (QED) is 0.709. The summed E-state index contributed by atoms with van der Waals surface area (Å²) in [5.41, 5.74) is 0. The third-order valence-corrected chi connectivity index (χ3v) is 6.23. The Morgan fingerprint density at radius 2 is 1.57 bits per heavy atom. The molecule has 1 atom stereocenters. The van der Waals surface area contributed by atoms with E-state index in [0.29, 0.717) is 45.7 Å². The predicted molar refractivity (Wildman–Crippen MR) is 79.0 cm³/mol. The zero-order chi connectivity index (χ0) is 15.5. The number of carbonyl (C=O) groups is 1. The summed E-state index contributed by atoms with van der Waals surface area (Å²) in [4.78, 5) is 13.9. The number of hydrogen-bond acceptors (Lipinski definition) is 4. The van der Waals surface area contributed by atoms with Crippen molar-refractivity contribution in [1.29, 1.82) is 0 Å². The lowest BCUT2D eigenvalue weighted by atomic mass is 10.2. The molecule has 21 heavy (non-hydrogen) atoms. The molecule has 0 aliphatic carbocycles. The first-order valence-corrected chi connectivity index (χ1v) is 8.97. The van der Waals surface area contributed by atoms with Gasteiger partial charge in [-0.15, -0.1) is 0 Å². The molecule has 2 rings (SSSR count). The number of piperazine rings is 1. The monoisotopic (exact) mass is 319 g/mol. The Balaban J connectivity index is 1.92. The van der Waals surface area contributed by atoms with Gasteiger partial charge in [0.1, 0.15) is 6.10 Å². The summed E-state index contributed by atoms with van der Waals surface area (Å²) < 4.78 is 33.1. The number of amides is 1. The van der Waals surface area contributed by atoms with Crippen molar-refractivity contribution in [1.82, 2.24) is 13.5 Å². The van der Waals surface area contributed by atoms with Gasteiger partial charge in [-0.25, -0.2) is 0 Å². The minimum absolute atomic E-state index is 0.0433. The number of rotatable bonds is 5. The lowest BCUT2D eigenvalue weighted by molar-refractivity contribution is -0.143. The van der Waals surface area contributed by atoms with E-state index in [2.05, 4.69) is 0 Å². The van der Waals surface area contributed by atoms with Crippen molar-refractivity contribution in [2.24, 2.45) is 0 Å². The lowest BCUT2D eigenvalue weighted by Gasteiger charge is -2.36. The fourth-order valence-corrected chi connectivity index (χ4v) is 4.54. The van der Waals surface area contributed by atoms with E-state index in [0.717, 1.165) is 12.8 Å². The van der Waals surface area contributed by atoms with Crippen molar-refractivity contribution < 1.29 is 17.9 Å². The van der Waals surface area contributed by atoms with E-state index in [-0.39, 0.29) is 5.91 Å². The largest absolute Gasteiger partial charge is 0.372 e. The Morgan fingerprint density at radius 1 is 1.05 bits per heavy atom. The van der Waals surface area contributed by atoms with Gasteiger partial charge in [-0.05, 0) is 19.3 Å². The highest BCUT2D eigenvalue weighted by atomic mass is 32.2. The Kier molecular flexibility index (Phi) is 5.59. The second-order valence-electron chi connectivity index (χ2n) is 5.47. The average Bonchev–Trinajstić information content (AvgIpc) is 3.03. The van der Waals surface area contributed by atoms with Crippen LogP contribution in [0.2, 0.25) is 0 Å². The minimum Gasteiger partial charge on any atom is -0.372 e. The normalized spacial score (nSPS) is 23.4. The smallest absolute Gasteiger partial charge is 0.282 e. The molecule has 2 saturated heterocycles. The van der Waals surface area contributed by atoms with Gasteiger partial charge in [0, 0.05) is 46.4 Å². The van der Waals surface area contributed by atoms with Gasteiger partial charge in [-0.3, -0.25) is 4.79 Å². The van der Waals surface area contributed by atoms with Crippen LogP contribution in [0.3, 0.4) is 0 Å². The van der Waals surface area contributed by atoms with Crippen LogP contribution < -0.4 is 0 Å². The molecule has 0 bridgehead atoms.